The third-order valence-corrected chi connectivity index (χ3v) is 10.5. The number of unbranched alkanes of at least 4 members (excludes halogenated alkanes) is 18. The molecule has 11 heteroatoms. The maximum Gasteiger partial charge on any atom is 0.472 e. The van der Waals surface area contributed by atoms with Crippen LogP contribution >= 0.6 is 7.82 Å². The molecule has 4 N–H and O–H groups in total. The lowest BCUT2D eigenvalue weighted by molar-refractivity contribution is -0.161. The van der Waals surface area contributed by atoms with Gasteiger partial charge in [0.15, 0.2) is 6.10 Å². The summed E-state index contributed by atoms with van der Waals surface area (Å²) in [4.78, 5) is 34.9. The highest BCUT2D eigenvalue weighted by molar-refractivity contribution is 7.47. The molecule has 0 aromatic heterocycles. The number of phosphoric ester groups is 1. The van der Waals surface area contributed by atoms with Gasteiger partial charge in [0, 0.05) is 19.4 Å². The van der Waals surface area contributed by atoms with E-state index in [0.717, 1.165) is 38.5 Å². The normalized spacial score (nSPS) is 14.4. The lowest BCUT2D eigenvalue weighted by Gasteiger charge is -2.20. The number of carbonyl (C=O) groups is 2. The predicted molar refractivity (Wildman–Crippen MR) is 239 cm³/mol. The average molecular weight is 838 g/mol. The van der Waals surface area contributed by atoms with Crippen molar-refractivity contribution >= 4 is 19.8 Å². The Kier molecular flexibility index (Phi) is 41.1. The highest BCUT2D eigenvalue weighted by atomic mass is 31.2. The van der Waals surface area contributed by atoms with Gasteiger partial charge in [-0.15, -0.1) is 0 Å². The number of phosphoric acid groups is 1. The molecule has 0 saturated carbocycles. The highest BCUT2D eigenvalue weighted by Crippen LogP contribution is 2.43. The van der Waals surface area contributed by atoms with E-state index in [1.165, 1.54) is 103 Å². The zero-order valence-corrected chi connectivity index (χ0v) is 37.5. The quantitative estimate of drug-likeness (QED) is 0.0178. The molecule has 58 heavy (non-hydrogen) atoms. The third-order valence-electron chi connectivity index (χ3n) is 9.48. The van der Waals surface area contributed by atoms with Crippen molar-refractivity contribution in [3.8, 4) is 0 Å². The molecule has 0 aliphatic heterocycles. The van der Waals surface area contributed by atoms with Gasteiger partial charge in [0.05, 0.1) is 19.3 Å². The minimum Gasteiger partial charge on any atom is -0.462 e. The summed E-state index contributed by atoms with van der Waals surface area (Å²) in [6.45, 7) is 3.48. The second-order valence-corrected chi connectivity index (χ2v) is 16.6. The van der Waals surface area contributed by atoms with Crippen LogP contribution in [0.25, 0.3) is 0 Å². The minimum atomic E-state index is -4.43. The van der Waals surface area contributed by atoms with E-state index in [1.807, 2.05) is 12.2 Å². The highest BCUT2D eigenvalue weighted by Gasteiger charge is 2.26. The molecule has 0 spiro atoms. The summed E-state index contributed by atoms with van der Waals surface area (Å²) >= 11 is 0. The van der Waals surface area contributed by atoms with Gasteiger partial charge in [-0.1, -0.05) is 164 Å². The van der Waals surface area contributed by atoms with Gasteiger partial charge in [0.1, 0.15) is 6.61 Å². The molecule has 336 valence electrons. The third kappa shape index (κ3) is 41.8. The minimum absolute atomic E-state index is 0.0253. The van der Waals surface area contributed by atoms with Gasteiger partial charge < -0.3 is 25.2 Å². The van der Waals surface area contributed by atoms with Crippen molar-refractivity contribution in [3.05, 3.63) is 60.8 Å². The Balaban J connectivity index is 4.30. The number of aliphatic hydroxyl groups excluding tert-OH is 1. The van der Waals surface area contributed by atoms with Gasteiger partial charge in [-0.25, -0.2) is 4.57 Å². The maximum atomic E-state index is 12.6. The zero-order valence-electron chi connectivity index (χ0n) is 36.6. The van der Waals surface area contributed by atoms with E-state index in [2.05, 4.69) is 50.3 Å². The molecule has 0 amide bonds. The van der Waals surface area contributed by atoms with Crippen molar-refractivity contribution in [1.82, 2.24) is 0 Å². The van der Waals surface area contributed by atoms with E-state index in [9.17, 15) is 24.2 Å². The van der Waals surface area contributed by atoms with Crippen LogP contribution in [0.2, 0.25) is 0 Å². The molecule has 0 aliphatic carbocycles. The van der Waals surface area contributed by atoms with E-state index in [1.54, 1.807) is 12.2 Å². The fourth-order valence-corrected chi connectivity index (χ4v) is 6.79. The predicted octanol–water partition coefficient (Wildman–Crippen LogP) is 12.2. The standard InChI is InChI=1S/C47H84NO9P/c1-3-5-7-9-11-13-15-17-18-19-20-21-22-24-26-28-30-32-34-38-47(51)57-45(43-56-58(52,53)55-41-40-48)42-54-46(50)39-35-37-44(49)36-33-31-29-27-25-23-16-14-12-10-8-6-4-2/h12,14,17-18,23,25,29,31,33,36,44-45,49H,3-11,13,15-16,19-22,24,26-28,30,32,34-35,37-43,48H2,1-2H3,(H,52,53)/b14-12-,18-17-,25-23-,31-29-,36-33+/t44-,45-/m1/s1. The molecule has 1 unspecified atom stereocenters. The summed E-state index contributed by atoms with van der Waals surface area (Å²) in [5, 5.41) is 10.2. The molecule has 0 aromatic rings. The van der Waals surface area contributed by atoms with Crippen molar-refractivity contribution in [2.75, 3.05) is 26.4 Å². The number of carbonyl (C=O) groups excluding carboxylic acids is 2. The molecule has 0 fully saturated rings. The van der Waals surface area contributed by atoms with E-state index >= 15 is 0 Å². The lowest BCUT2D eigenvalue weighted by Crippen LogP contribution is -2.29. The van der Waals surface area contributed by atoms with E-state index in [0.29, 0.717) is 19.3 Å². The molecule has 0 aliphatic rings. The number of hydrogen-bond donors (Lipinski definition) is 3. The first-order chi connectivity index (χ1) is 28.2. The molecular formula is C47H84NO9P. The Morgan fingerprint density at radius 1 is 0.603 bits per heavy atom. The van der Waals surface area contributed by atoms with Gasteiger partial charge in [-0.2, -0.15) is 0 Å². The van der Waals surface area contributed by atoms with Crippen LogP contribution in [0.3, 0.4) is 0 Å². The van der Waals surface area contributed by atoms with Crippen LogP contribution in [0.1, 0.15) is 187 Å². The SMILES string of the molecule is CCCCC/C=C\C/C=C\C/C=C\C=C\[C@@H](O)CCCC(=O)OC[C@H](COP(=O)(O)OCCN)OC(=O)CCCCCCCCCCC/C=C\CCCCCCCC. The molecule has 0 radical (unpaired) electrons. The monoisotopic (exact) mass is 838 g/mol. The number of esters is 2. The molecule has 0 bridgehead atoms. The number of hydrogen-bond acceptors (Lipinski definition) is 9. The molecule has 10 nitrogen and oxygen atoms in total. The van der Waals surface area contributed by atoms with Gasteiger partial charge in [-0.05, 0) is 70.6 Å². The Morgan fingerprint density at radius 3 is 1.72 bits per heavy atom. The molecular weight excluding hydrogens is 753 g/mol. The van der Waals surface area contributed by atoms with Crippen LogP contribution in [-0.4, -0.2) is 60.5 Å². The molecule has 3 atom stereocenters. The summed E-state index contributed by atoms with van der Waals surface area (Å²) < 4.78 is 32.7. The smallest absolute Gasteiger partial charge is 0.462 e. The number of rotatable bonds is 42. The van der Waals surface area contributed by atoms with Gasteiger partial charge in [0.2, 0.25) is 0 Å². The topological polar surface area (TPSA) is 155 Å². The number of nitrogens with two attached hydrogens (primary N) is 1. The van der Waals surface area contributed by atoms with Crippen molar-refractivity contribution in [1.29, 1.82) is 0 Å². The Hall–Kier alpha value is -2.33. The van der Waals surface area contributed by atoms with E-state index < -0.39 is 38.6 Å². The summed E-state index contributed by atoms with van der Waals surface area (Å²) in [5.41, 5.74) is 5.34. The first-order valence-electron chi connectivity index (χ1n) is 22.9. The Labute approximate surface area is 353 Å². The summed E-state index contributed by atoms with van der Waals surface area (Å²) in [5.74, 6) is -1.03. The molecule has 0 aromatic carbocycles. The number of allylic oxidation sites excluding steroid dienone is 9. The van der Waals surface area contributed by atoms with Gasteiger partial charge in [-0.3, -0.25) is 18.6 Å². The van der Waals surface area contributed by atoms with Crippen molar-refractivity contribution in [2.45, 2.75) is 199 Å². The first-order valence-corrected chi connectivity index (χ1v) is 24.4. The summed E-state index contributed by atoms with van der Waals surface area (Å²) in [6.07, 6.45) is 47.1. The van der Waals surface area contributed by atoms with Crippen molar-refractivity contribution < 1.29 is 42.7 Å². The van der Waals surface area contributed by atoms with Crippen molar-refractivity contribution in [2.24, 2.45) is 5.73 Å². The van der Waals surface area contributed by atoms with Gasteiger partial charge >= 0.3 is 19.8 Å². The maximum absolute atomic E-state index is 12.6. The Morgan fingerprint density at radius 2 is 1.10 bits per heavy atom. The van der Waals surface area contributed by atoms with Crippen LogP contribution in [0.15, 0.2) is 60.8 Å². The second-order valence-electron chi connectivity index (χ2n) is 15.1. The summed E-state index contributed by atoms with van der Waals surface area (Å²) in [6, 6.07) is 0. The Bertz CT molecular complexity index is 1150. The van der Waals surface area contributed by atoms with Crippen LogP contribution in [0.5, 0.6) is 0 Å². The van der Waals surface area contributed by atoms with E-state index in [4.69, 9.17) is 24.3 Å². The molecule has 0 rings (SSSR count). The summed E-state index contributed by atoms with van der Waals surface area (Å²) in [7, 11) is -4.43. The first kappa shape index (κ1) is 55.7. The lowest BCUT2D eigenvalue weighted by atomic mass is 10.1. The molecule has 0 saturated heterocycles. The molecule has 0 heterocycles. The number of ether oxygens (including phenoxy) is 2. The zero-order chi connectivity index (χ0) is 42.6. The van der Waals surface area contributed by atoms with Crippen molar-refractivity contribution in [3.63, 3.8) is 0 Å². The van der Waals surface area contributed by atoms with Gasteiger partial charge in [0.25, 0.3) is 0 Å². The van der Waals surface area contributed by atoms with Crippen LogP contribution < -0.4 is 5.73 Å². The number of aliphatic hydroxyl groups is 1. The van der Waals surface area contributed by atoms with E-state index in [-0.39, 0.29) is 32.6 Å². The van der Waals surface area contributed by atoms with Crippen LogP contribution in [-0.2, 0) is 32.7 Å². The van der Waals surface area contributed by atoms with Crippen LogP contribution in [0, 0.1) is 0 Å². The fraction of sp³-hybridized carbons (Fsp3) is 0.745. The van der Waals surface area contributed by atoms with Crippen LogP contribution in [0.4, 0.5) is 0 Å². The average Bonchev–Trinajstić information content (AvgIpc) is 3.20. The largest absolute Gasteiger partial charge is 0.472 e. The second kappa shape index (κ2) is 42.8. The fourth-order valence-electron chi connectivity index (χ4n) is 6.03.